The average molecular weight is 364 g/mol. The molecule has 0 heterocycles. The lowest BCUT2D eigenvalue weighted by atomic mass is 9.81. The van der Waals surface area contributed by atoms with E-state index < -0.39 is 10.0 Å². The topological polar surface area (TPSA) is 55.4 Å². The molecule has 0 atom stereocenters. The van der Waals surface area contributed by atoms with Gasteiger partial charge in [0.2, 0.25) is 10.0 Å². The van der Waals surface area contributed by atoms with Crippen LogP contribution >= 0.6 is 15.9 Å². The first-order valence-electron chi connectivity index (χ1n) is 6.43. The van der Waals surface area contributed by atoms with Crippen LogP contribution in [0.1, 0.15) is 27.7 Å². The normalized spacial score (nSPS) is 12.8. The lowest BCUT2D eigenvalue weighted by molar-refractivity contribution is 0.252. The molecule has 0 unspecified atom stereocenters. The van der Waals surface area contributed by atoms with E-state index in [-0.39, 0.29) is 10.3 Å². The van der Waals surface area contributed by atoms with Gasteiger partial charge >= 0.3 is 0 Å². The molecule has 0 saturated heterocycles. The van der Waals surface area contributed by atoms with E-state index in [1.807, 2.05) is 13.8 Å². The number of hydrogen-bond donors (Lipinski definition) is 1. The second kappa shape index (κ2) is 6.45. The molecule has 20 heavy (non-hydrogen) atoms. The molecule has 4 nitrogen and oxygen atoms in total. The summed E-state index contributed by atoms with van der Waals surface area (Å²) in [5.74, 6) is 0.706. The van der Waals surface area contributed by atoms with Gasteiger partial charge in [0.05, 0.1) is 7.11 Å². The van der Waals surface area contributed by atoms with Crippen LogP contribution in [-0.4, -0.2) is 22.1 Å². The van der Waals surface area contributed by atoms with Crippen molar-refractivity contribution in [1.82, 2.24) is 4.72 Å². The van der Waals surface area contributed by atoms with Crippen molar-refractivity contribution in [2.24, 2.45) is 11.3 Å². The zero-order chi connectivity index (χ0) is 15.6. The summed E-state index contributed by atoms with van der Waals surface area (Å²) in [7, 11) is -2.14. The number of hydrogen-bond acceptors (Lipinski definition) is 3. The Bertz CT molecular complexity index is 568. The van der Waals surface area contributed by atoms with E-state index in [0.717, 1.165) is 0 Å². The van der Waals surface area contributed by atoms with Crippen molar-refractivity contribution < 1.29 is 13.2 Å². The van der Waals surface area contributed by atoms with Gasteiger partial charge in [-0.15, -0.1) is 0 Å². The Morgan fingerprint density at radius 2 is 1.95 bits per heavy atom. The van der Waals surface area contributed by atoms with Crippen LogP contribution in [0.4, 0.5) is 0 Å². The predicted molar refractivity (Wildman–Crippen MR) is 84.5 cm³/mol. The van der Waals surface area contributed by atoms with Crippen molar-refractivity contribution in [2.75, 3.05) is 13.7 Å². The van der Waals surface area contributed by atoms with Gasteiger partial charge in [0.15, 0.2) is 0 Å². The Morgan fingerprint density at radius 3 is 2.45 bits per heavy atom. The second-order valence-electron chi connectivity index (χ2n) is 5.76. The molecule has 0 fully saturated rings. The van der Waals surface area contributed by atoms with E-state index in [1.165, 1.54) is 7.11 Å². The van der Waals surface area contributed by atoms with Crippen LogP contribution in [0.5, 0.6) is 5.75 Å². The molecule has 0 saturated carbocycles. The lowest BCUT2D eigenvalue weighted by Crippen LogP contribution is -2.37. The summed E-state index contributed by atoms with van der Waals surface area (Å²) in [6, 6.07) is 4.92. The van der Waals surface area contributed by atoms with Crippen LogP contribution in [0.25, 0.3) is 0 Å². The van der Waals surface area contributed by atoms with Crippen molar-refractivity contribution in [3.8, 4) is 5.75 Å². The van der Waals surface area contributed by atoms with Crippen LogP contribution in [0, 0.1) is 11.3 Å². The van der Waals surface area contributed by atoms with E-state index in [4.69, 9.17) is 4.74 Å². The first-order valence-corrected chi connectivity index (χ1v) is 8.71. The third-order valence-corrected chi connectivity index (χ3v) is 5.61. The number of sulfonamides is 1. The van der Waals surface area contributed by atoms with Crippen LogP contribution in [0.3, 0.4) is 0 Å². The highest BCUT2D eigenvalue weighted by Crippen LogP contribution is 2.29. The molecule has 0 bridgehead atoms. The fraction of sp³-hybridized carbons (Fsp3) is 0.571. The fourth-order valence-corrected chi connectivity index (χ4v) is 3.35. The molecule has 0 aliphatic rings. The summed E-state index contributed by atoms with van der Waals surface area (Å²) in [5.41, 5.74) is -0.119. The highest BCUT2D eigenvalue weighted by molar-refractivity contribution is 9.10. The monoisotopic (exact) mass is 363 g/mol. The molecular weight excluding hydrogens is 342 g/mol. The Hall–Kier alpha value is -0.590. The van der Waals surface area contributed by atoms with Gasteiger partial charge in [-0.1, -0.05) is 43.6 Å². The number of nitrogens with one attached hydrogen (secondary N) is 1. The van der Waals surface area contributed by atoms with E-state index in [9.17, 15) is 8.42 Å². The van der Waals surface area contributed by atoms with Gasteiger partial charge in [0.1, 0.15) is 10.6 Å². The quantitative estimate of drug-likeness (QED) is 0.842. The van der Waals surface area contributed by atoms with E-state index in [2.05, 4.69) is 34.5 Å². The molecule has 0 aromatic heterocycles. The molecule has 0 spiro atoms. The lowest BCUT2D eigenvalue weighted by Gasteiger charge is -2.29. The number of halogens is 1. The SMILES string of the molecule is COc1ccc(Br)cc1S(=O)(=O)NCC(C)(C)C(C)C. The zero-order valence-electron chi connectivity index (χ0n) is 12.5. The van der Waals surface area contributed by atoms with Gasteiger partial charge in [0.25, 0.3) is 0 Å². The van der Waals surface area contributed by atoms with Gasteiger partial charge < -0.3 is 4.74 Å². The number of ether oxygens (including phenoxy) is 1. The minimum Gasteiger partial charge on any atom is -0.495 e. The maximum atomic E-state index is 12.4. The summed E-state index contributed by atoms with van der Waals surface area (Å²) in [5, 5.41) is 0. The summed E-state index contributed by atoms with van der Waals surface area (Å²) in [4.78, 5) is 0.147. The van der Waals surface area contributed by atoms with E-state index in [0.29, 0.717) is 22.7 Å². The minimum atomic E-state index is -3.60. The molecule has 114 valence electrons. The number of benzene rings is 1. The Kier molecular flexibility index (Phi) is 5.63. The molecule has 1 aromatic carbocycles. The molecule has 1 N–H and O–H groups in total. The zero-order valence-corrected chi connectivity index (χ0v) is 14.9. The van der Waals surface area contributed by atoms with Gasteiger partial charge in [-0.25, -0.2) is 13.1 Å². The average Bonchev–Trinajstić information content (AvgIpc) is 2.36. The minimum absolute atomic E-state index is 0.119. The Labute approximate surface area is 130 Å². The Balaban J connectivity index is 3.03. The van der Waals surface area contributed by atoms with Gasteiger partial charge in [-0.2, -0.15) is 0 Å². The van der Waals surface area contributed by atoms with Crippen molar-refractivity contribution in [3.63, 3.8) is 0 Å². The summed E-state index contributed by atoms with van der Waals surface area (Å²) in [6.45, 7) is 8.61. The van der Waals surface area contributed by atoms with Gasteiger partial charge in [0, 0.05) is 11.0 Å². The van der Waals surface area contributed by atoms with Crippen LogP contribution < -0.4 is 9.46 Å². The van der Waals surface area contributed by atoms with Gasteiger partial charge in [-0.05, 0) is 29.5 Å². The maximum Gasteiger partial charge on any atom is 0.244 e. The third-order valence-electron chi connectivity index (χ3n) is 3.70. The molecule has 1 rings (SSSR count). The van der Waals surface area contributed by atoms with Crippen LogP contribution in [0.2, 0.25) is 0 Å². The molecular formula is C14H22BrNO3S. The second-order valence-corrected chi connectivity index (χ2v) is 8.41. The first-order chi connectivity index (χ1) is 9.10. The largest absolute Gasteiger partial charge is 0.495 e. The standard InChI is InChI=1S/C14H22BrNO3S/c1-10(2)14(3,4)9-16-20(17,18)13-8-11(15)6-7-12(13)19-5/h6-8,10,16H,9H2,1-5H3. The summed E-state index contributed by atoms with van der Waals surface area (Å²) >= 11 is 3.28. The Morgan fingerprint density at radius 1 is 1.35 bits per heavy atom. The van der Waals surface area contributed by atoms with Crippen molar-refractivity contribution in [3.05, 3.63) is 22.7 Å². The molecule has 1 aromatic rings. The van der Waals surface area contributed by atoms with E-state index in [1.54, 1.807) is 18.2 Å². The van der Waals surface area contributed by atoms with Crippen molar-refractivity contribution in [2.45, 2.75) is 32.6 Å². The predicted octanol–water partition coefficient (Wildman–Crippen LogP) is 3.42. The number of methoxy groups -OCH3 is 1. The molecule has 6 heteroatoms. The summed E-state index contributed by atoms with van der Waals surface area (Å²) in [6.07, 6.45) is 0. The highest BCUT2D eigenvalue weighted by atomic mass is 79.9. The fourth-order valence-electron chi connectivity index (χ4n) is 1.42. The molecule has 0 aliphatic heterocycles. The highest BCUT2D eigenvalue weighted by Gasteiger charge is 2.27. The summed E-state index contributed by atoms with van der Waals surface area (Å²) < 4.78 is 33.3. The van der Waals surface area contributed by atoms with Crippen molar-refractivity contribution in [1.29, 1.82) is 0 Å². The van der Waals surface area contributed by atoms with Crippen LogP contribution in [-0.2, 0) is 10.0 Å². The van der Waals surface area contributed by atoms with E-state index >= 15 is 0 Å². The van der Waals surface area contributed by atoms with Crippen LogP contribution in [0.15, 0.2) is 27.6 Å². The van der Waals surface area contributed by atoms with Crippen molar-refractivity contribution >= 4 is 26.0 Å². The molecule has 0 aliphatic carbocycles. The maximum absolute atomic E-state index is 12.4. The molecule has 0 amide bonds. The number of rotatable bonds is 6. The first kappa shape index (κ1) is 17.5. The molecule has 0 radical (unpaired) electrons. The van der Waals surface area contributed by atoms with Gasteiger partial charge in [-0.3, -0.25) is 0 Å². The smallest absolute Gasteiger partial charge is 0.244 e. The third kappa shape index (κ3) is 4.20.